The first-order chi connectivity index (χ1) is 7.29. The van der Waals surface area contributed by atoms with Crippen LogP contribution in [-0.2, 0) is 6.54 Å². The van der Waals surface area contributed by atoms with Crippen LogP contribution >= 0.6 is 11.3 Å². The Morgan fingerprint density at radius 2 is 2.60 bits per heavy atom. The van der Waals surface area contributed by atoms with Gasteiger partial charge in [-0.2, -0.15) is 0 Å². The molecule has 2 rings (SSSR count). The minimum Gasteiger partial charge on any atom is -0.308 e. The van der Waals surface area contributed by atoms with Gasteiger partial charge in [0.05, 0.1) is 5.69 Å². The van der Waals surface area contributed by atoms with E-state index in [1.54, 1.807) is 11.3 Å². The molecule has 15 heavy (non-hydrogen) atoms. The molecule has 80 valence electrons. The molecule has 0 radical (unpaired) electrons. The molecule has 0 aliphatic rings. The molecule has 2 aromatic rings. The number of nitrogens with zero attached hydrogens (tertiary/aromatic N) is 2. The highest BCUT2D eigenvalue weighted by molar-refractivity contribution is 7.15. The fraction of sp³-hybridized carbons (Fsp3) is 0.364. The van der Waals surface area contributed by atoms with Gasteiger partial charge in [-0.25, -0.2) is 4.98 Å². The van der Waals surface area contributed by atoms with Gasteiger partial charge in [0.25, 0.3) is 0 Å². The SMILES string of the molecule is C=CCC(C)NCc1cn2ccsc2n1. The summed E-state index contributed by atoms with van der Waals surface area (Å²) in [5.74, 6) is 0. The van der Waals surface area contributed by atoms with Crippen LogP contribution in [0, 0.1) is 0 Å². The number of aromatic nitrogens is 2. The van der Waals surface area contributed by atoms with E-state index in [-0.39, 0.29) is 0 Å². The number of hydrogen-bond donors (Lipinski definition) is 1. The monoisotopic (exact) mass is 221 g/mol. The largest absolute Gasteiger partial charge is 0.308 e. The van der Waals surface area contributed by atoms with E-state index < -0.39 is 0 Å². The Hall–Kier alpha value is -1.13. The third kappa shape index (κ3) is 2.46. The van der Waals surface area contributed by atoms with Crippen molar-refractivity contribution in [2.45, 2.75) is 25.9 Å². The second-order valence-corrected chi connectivity index (χ2v) is 4.50. The van der Waals surface area contributed by atoms with Crippen molar-refractivity contribution in [3.05, 3.63) is 36.1 Å². The van der Waals surface area contributed by atoms with Crippen molar-refractivity contribution in [2.24, 2.45) is 0 Å². The quantitative estimate of drug-likeness (QED) is 0.786. The molecule has 0 fully saturated rings. The fourth-order valence-corrected chi connectivity index (χ4v) is 2.19. The van der Waals surface area contributed by atoms with Crippen molar-refractivity contribution in [1.82, 2.24) is 14.7 Å². The van der Waals surface area contributed by atoms with E-state index in [4.69, 9.17) is 0 Å². The molecule has 1 atom stereocenters. The molecule has 3 nitrogen and oxygen atoms in total. The molecule has 0 spiro atoms. The number of fused-ring (bicyclic) bond motifs is 1. The van der Waals surface area contributed by atoms with Crippen molar-refractivity contribution in [3.63, 3.8) is 0 Å². The maximum atomic E-state index is 4.50. The highest BCUT2D eigenvalue weighted by Crippen LogP contribution is 2.11. The topological polar surface area (TPSA) is 29.3 Å². The molecule has 0 aromatic carbocycles. The van der Waals surface area contributed by atoms with Crippen molar-refractivity contribution in [1.29, 1.82) is 0 Å². The average Bonchev–Trinajstić information content (AvgIpc) is 2.74. The van der Waals surface area contributed by atoms with Crippen molar-refractivity contribution in [2.75, 3.05) is 0 Å². The normalized spacial score (nSPS) is 13.1. The predicted molar refractivity (Wildman–Crippen MR) is 64.2 cm³/mol. The van der Waals surface area contributed by atoms with Crippen molar-refractivity contribution >= 4 is 16.3 Å². The third-order valence-corrected chi connectivity index (χ3v) is 3.07. The van der Waals surface area contributed by atoms with Gasteiger partial charge in [0, 0.05) is 30.4 Å². The molecule has 2 aromatic heterocycles. The van der Waals surface area contributed by atoms with E-state index in [2.05, 4.69) is 34.4 Å². The number of rotatable bonds is 5. The highest BCUT2D eigenvalue weighted by atomic mass is 32.1. The van der Waals surface area contributed by atoms with Crippen molar-refractivity contribution in [3.8, 4) is 0 Å². The van der Waals surface area contributed by atoms with Gasteiger partial charge in [0.1, 0.15) is 0 Å². The molecule has 0 aliphatic heterocycles. The first kappa shape index (κ1) is 10.4. The first-order valence-electron chi connectivity index (χ1n) is 5.05. The van der Waals surface area contributed by atoms with Gasteiger partial charge in [-0.1, -0.05) is 6.08 Å². The summed E-state index contributed by atoms with van der Waals surface area (Å²) < 4.78 is 2.06. The molecule has 1 N–H and O–H groups in total. The molecule has 4 heteroatoms. The van der Waals surface area contributed by atoms with Crippen LogP contribution in [0.15, 0.2) is 30.4 Å². The summed E-state index contributed by atoms with van der Waals surface area (Å²) in [7, 11) is 0. The summed E-state index contributed by atoms with van der Waals surface area (Å²) >= 11 is 1.66. The standard InChI is InChI=1S/C11H15N3S/c1-3-4-9(2)12-7-10-8-14-5-6-15-11(14)13-10/h3,5-6,8-9,12H,1,4,7H2,2H3. The lowest BCUT2D eigenvalue weighted by molar-refractivity contribution is 0.549. The summed E-state index contributed by atoms with van der Waals surface area (Å²) in [4.78, 5) is 5.56. The highest BCUT2D eigenvalue weighted by Gasteiger charge is 2.03. The van der Waals surface area contributed by atoms with E-state index in [0.29, 0.717) is 6.04 Å². The minimum absolute atomic E-state index is 0.460. The fourth-order valence-electron chi connectivity index (χ4n) is 1.47. The van der Waals surface area contributed by atoms with E-state index in [1.165, 1.54) is 0 Å². The number of imidazole rings is 1. The van der Waals surface area contributed by atoms with Crippen molar-refractivity contribution < 1.29 is 0 Å². The van der Waals surface area contributed by atoms with Gasteiger partial charge in [0.2, 0.25) is 0 Å². The third-order valence-electron chi connectivity index (χ3n) is 2.30. The lowest BCUT2D eigenvalue weighted by Gasteiger charge is -2.09. The Labute approximate surface area is 93.5 Å². The molecular formula is C11H15N3S. The zero-order valence-corrected chi connectivity index (χ0v) is 9.63. The number of thiazole rings is 1. The van der Waals surface area contributed by atoms with Crippen LogP contribution in [0.3, 0.4) is 0 Å². The van der Waals surface area contributed by atoms with E-state index in [0.717, 1.165) is 23.6 Å². The molecule has 0 saturated carbocycles. The lowest BCUT2D eigenvalue weighted by atomic mass is 10.2. The van der Waals surface area contributed by atoms with E-state index in [9.17, 15) is 0 Å². The van der Waals surface area contributed by atoms with Crippen LogP contribution in [0.4, 0.5) is 0 Å². The minimum atomic E-state index is 0.460. The Bertz CT molecular complexity index is 415. The molecule has 0 bridgehead atoms. The summed E-state index contributed by atoms with van der Waals surface area (Å²) in [6.45, 7) is 6.70. The zero-order chi connectivity index (χ0) is 10.7. The molecule has 0 saturated heterocycles. The van der Waals surface area contributed by atoms with Crippen LogP contribution in [0.25, 0.3) is 4.96 Å². The maximum absolute atomic E-state index is 4.50. The van der Waals surface area contributed by atoms with Gasteiger partial charge >= 0.3 is 0 Å². The first-order valence-corrected chi connectivity index (χ1v) is 5.93. The summed E-state index contributed by atoms with van der Waals surface area (Å²) in [5.41, 5.74) is 1.10. The average molecular weight is 221 g/mol. The van der Waals surface area contributed by atoms with Crippen LogP contribution in [0.2, 0.25) is 0 Å². The second kappa shape index (κ2) is 4.59. The van der Waals surface area contributed by atoms with Gasteiger partial charge in [-0.05, 0) is 13.3 Å². The van der Waals surface area contributed by atoms with Gasteiger partial charge in [-0.15, -0.1) is 17.9 Å². The molecule has 0 amide bonds. The van der Waals surface area contributed by atoms with Crippen LogP contribution in [0.5, 0.6) is 0 Å². The Balaban J connectivity index is 1.94. The second-order valence-electron chi connectivity index (χ2n) is 3.63. The number of hydrogen-bond acceptors (Lipinski definition) is 3. The smallest absolute Gasteiger partial charge is 0.193 e. The lowest BCUT2D eigenvalue weighted by Crippen LogP contribution is -2.24. The Kier molecular flexibility index (Phi) is 3.18. The van der Waals surface area contributed by atoms with Gasteiger partial charge in [-0.3, -0.25) is 4.40 Å². The Morgan fingerprint density at radius 3 is 3.33 bits per heavy atom. The zero-order valence-electron chi connectivity index (χ0n) is 8.81. The molecule has 2 heterocycles. The summed E-state index contributed by atoms with van der Waals surface area (Å²) in [6, 6.07) is 0.460. The van der Waals surface area contributed by atoms with Crippen LogP contribution in [0.1, 0.15) is 19.0 Å². The molecule has 0 aliphatic carbocycles. The van der Waals surface area contributed by atoms with Gasteiger partial charge in [0.15, 0.2) is 4.96 Å². The molecular weight excluding hydrogens is 206 g/mol. The van der Waals surface area contributed by atoms with Crippen LogP contribution in [-0.4, -0.2) is 15.4 Å². The van der Waals surface area contributed by atoms with Crippen LogP contribution < -0.4 is 5.32 Å². The summed E-state index contributed by atoms with van der Waals surface area (Å²) in [6.07, 6.45) is 7.02. The predicted octanol–water partition coefficient (Wildman–Crippen LogP) is 2.45. The maximum Gasteiger partial charge on any atom is 0.193 e. The Morgan fingerprint density at radius 1 is 1.73 bits per heavy atom. The van der Waals surface area contributed by atoms with E-state index >= 15 is 0 Å². The van der Waals surface area contributed by atoms with E-state index in [1.807, 2.05) is 17.7 Å². The van der Waals surface area contributed by atoms with Gasteiger partial charge < -0.3 is 5.32 Å². The number of nitrogens with one attached hydrogen (secondary N) is 1. The molecule has 1 unspecified atom stereocenters. The summed E-state index contributed by atoms with van der Waals surface area (Å²) in [5, 5.41) is 5.45.